The summed E-state index contributed by atoms with van der Waals surface area (Å²) in [6, 6.07) is 17.6. The maximum absolute atomic E-state index is 12.5. The lowest BCUT2D eigenvalue weighted by Gasteiger charge is -2.07. The van der Waals surface area contributed by atoms with Crippen molar-refractivity contribution in [2.24, 2.45) is 0 Å². The maximum Gasteiger partial charge on any atom is 0.328 e. The van der Waals surface area contributed by atoms with E-state index in [4.69, 9.17) is 0 Å². The van der Waals surface area contributed by atoms with Crippen LogP contribution < -0.4 is 11.2 Å². The van der Waals surface area contributed by atoms with E-state index in [1.165, 1.54) is 6.20 Å². The van der Waals surface area contributed by atoms with Crippen LogP contribution in [-0.2, 0) is 6.54 Å². The zero-order valence-corrected chi connectivity index (χ0v) is 12.2. The molecule has 0 unspecified atom stereocenters. The average Bonchev–Trinajstić information content (AvgIpc) is 2.60. The molecule has 0 spiro atoms. The fourth-order valence-corrected chi connectivity index (χ4v) is 2.33. The van der Waals surface area contributed by atoms with Crippen LogP contribution in [0.15, 0.2) is 76.4 Å². The number of carbonyl (C=O) groups excluding carboxylic acids is 1. The van der Waals surface area contributed by atoms with E-state index in [9.17, 15) is 14.4 Å². The third kappa shape index (κ3) is 3.03. The molecule has 0 atom stereocenters. The van der Waals surface area contributed by atoms with Crippen LogP contribution in [0.4, 0.5) is 0 Å². The van der Waals surface area contributed by atoms with E-state index in [1.54, 1.807) is 30.3 Å². The summed E-state index contributed by atoms with van der Waals surface area (Å²) in [7, 11) is 0. The van der Waals surface area contributed by atoms with E-state index in [-0.39, 0.29) is 12.1 Å². The van der Waals surface area contributed by atoms with Gasteiger partial charge in [-0.2, -0.15) is 0 Å². The molecule has 114 valence electrons. The van der Waals surface area contributed by atoms with E-state index in [2.05, 4.69) is 4.98 Å². The van der Waals surface area contributed by atoms with Gasteiger partial charge in [0.15, 0.2) is 5.78 Å². The van der Waals surface area contributed by atoms with Gasteiger partial charge in [0.1, 0.15) is 5.56 Å². The number of carbonyl (C=O) groups is 1. The van der Waals surface area contributed by atoms with Crippen LogP contribution in [-0.4, -0.2) is 15.3 Å². The molecule has 1 aromatic heterocycles. The normalized spacial score (nSPS) is 10.4. The van der Waals surface area contributed by atoms with E-state index >= 15 is 0 Å². The summed E-state index contributed by atoms with van der Waals surface area (Å²) in [6.07, 6.45) is 1.18. The highest BCUT2D eigenvalue weighted by Gasteiger charge is 2.16. The van der Waals surface area contributed by atoms with Crippen LogP contribution >= 0.6 is 0 Å². The molecule has 0 aliphatic carbocycles. The second-order valence-electron chi connectivity index (χ2n) is 5.08. The Balaban J connectivity index is 2.04. The highest BCUT2D eigenvalue weighted by molar-refractivity contribution is 6.08. The highest BCUT2D eigenvalue weighted by atomic mass is 16.2. The Bertz CT molecular complexity index is 941. The minimum atomic E-state index is -0.591. The van der Waals surface area contributed by atoms with Crippen molar-refractivity contribution in [1.82, 2.24) is 9.55 Å². The lowest BCUT2D eigenvalue weighted by atomic mass is 10.1. The maximum atomic E-state index is 12.5. The van der Waals surface area contributed by atoms with Crippen LogP contribution in [0, 0.1) is 0 Å². The summed E-state index contributed by atoms with van der Waals surface area (Å²) in [5.74, 6) is -0.409. The second-order valence-corrected chi connectivity index (χ2v) is 5.08. The number of aromatic nitrogens is 2. The summed E-state index contributed by atoms with van der Waals surface area (Å²) in [5.41, 5.74) is 0.0361. The lowest BCUT2D eigenvalue weighted by molar-refractivity contribution is 0.103. The molecule has 2 aromatic carbocycles. The molecule has 0 bridgehead atoms. The van der Waals surface area contributed by atoms with Gasteiger partial charge in [0, 0.05) is 11.8 Å². The van der Waals surface area contributed by atoms with Crippen molar-refractivity contribution in [3.05, 3.63) is 104 Å². The standard InChI is InChI=1S/C18H14N2O3/c21-16(14-9-5-2-6-10-14)15-11-19-18(23)20(17(15)22)12-13-7-3-1-4-8-13/h1-11H,12H2,(H,19,23). The van der Waals surface area contributed by atoms with Crippen LogP contribution in [0.3, 0.4) is 0 Å². The number of benzene rings is 2. The van der Waals surface area contributed by atoms with Gasteiger partial charge in [0.05, 0.1) is 6.54 Å². The minimum Gasteiger partial charge on any atom is -0.313 e. The van der Waals surface area contributed by atoms with Crippen molar-refractivity contribution in [3.8, 4) is 0 Å². The Kier molecular flexibility index (Phi) is 4.01. The number of H-pyrrole nitrogens is 1. The molecule has 0 saturated heterocycles. The Morgan fingerprint density at radius 2 is 1.52 bits per heavy atom. The van der Waals surface area contributed by atoms with E-state index in [0.29, 0.717) is 5.56 Å². The van der Waals surface area contributed by atoms with E-state index in [1.807, 2.05) is 30.3 Å². The SMILES string of the molecule is O=C(c1ccccc1)c1c[nH]c(=O)n(Cc2ccccc2)c1=O. The van der Waals surface area contributed by atoms with Gasteiger partial charge in [0.2, 0.25) is 0 Å². The van der Waals surface area contributed by atoms with Crippen molar-refractivity contribution in [1.29, 1.82) is 0 Å². The molecule has 0 aliphatic heterocycles. The molecule has 0 radical (unpaired) electrons. The zero-order valence-electron chi connectivity index (χ0n) is 12.2. The largest absolute Gasteiger partial charge is 0.328 e. The van der Waals surface area contributed by atoms with Gasteiger partial charge in [-0.15, -0.1) is 0 Å². The molecule has 0 aliphatic rings. The first-order chi connectivity index (χ1) is 11.2. The summed E-state index contributed by atoms with van der Waals surface area (Å²) >= 11 is 0. The number of rotatable bonds is 4. The summed E-state index contributed by atoms with van der Waals surface area (Å²) in [4.78, 5) is 39.4. The number of nitrogens with one attached hydrogen (secondary N) is 1. The van der Waals surface area contributed by atoms with Crippen LogP contribution in [0.2, 0.25) is 0 Å². The Labute approximate surface area is 131 Å². The first kappa shape index (κ1) is 14.7. The molecule has 3 rings (SSSR count). The molecular weight excluding hydrogens is 292 g/mol. The van der Waals surface area contributed by atoms with E-state index < -0.39 is 17.0 Å². The Morgan fingerprint density at radius 1 is 0.913 bits per heavy atom. The van der Waals surface area contributed by atoms with Gasteiger partial charge < -0.3 is 4.98 Å². The molecular formula is C18H14N2O3. The van der Waals surface area contributed by atoms with Crippen molar-refractivity contribution in [2.45, 2.75) is 6.54 Å². The molecule has 0 amide bonds. The average molecular weight is 306 g/mol. The third-order valence-electron chi connectivity index (χ3n) is 3.52. The monoisotopic (exact) mass is 306 g/mol. The Morgan fingerprint density at radius 3 is 2.17 bits per heavy atom. The minimum absolute atomic E-state index is 0.0493. The van der Waals surface area contributed by atoms with E-state index in [0.717, 1.165) is 10.1 Å². The molecule has 0 fully saturated rings. The Hall–Kier alpha value is -3.21. The van der Waals surface area contributed by atoms with Gasteiger partial charge in [-0.25, -0.2) is 4.79 Å². The quantitative estimate of drug-likeness (QED) is 0.747. The fourth-order valence-electron chi connectivity index (χ4n) is 2.33. The van der Waals surface area contributed by atoms with Gasteiger partial charge in [0.25, 0.3) is 5.56 Å². The van der Waals surface area contributed by atoms with Gasteiger partial charge in [-0.05, 0) is 5.56 Å². The molecule has 0 saturated carbocycles. The number of hydrogen-bond donors (Lipinski definition) is 1. The van der Waals surface area contributed by atoms with Crippen molar-refractivity contribution in [3.63, 3.8) is 0 Å². The van der Waals surface area contributed by atoms with Crippen LogP contribution in [0.25, 0.3) is 0 Å². The molecule has 5 nitrogen and oxygen atoms in total. The van der Waals surface area contributed by atoms with Crippen molar-refractivity contribution < 1.29 is 4.79 Å². The number of nitrogens with zero attached hydrogens (tertiary/aromatic N) is 1. The predicted octanol–water partition coefficient (Wildman–Crippen LogP) is 1.82. The predicted molar refractivity (Wildman–Crippen MR) is 86.7 cm³/mol. The second kappa shape index (κ2) is 6.27. The van der Waals surface area contributed by atoms with Crippen LogP contribution in [0.5, 0.6) is 0 Å². The summed E-state index contributed by atoms with van der Waals surface area (Å²) in [6.45, 7) is 0.116. The third-order valence-corrected chi connectivity index (χ3v) is 3.52. The number of hydrogen-bond acceptors (Lipinski definition) is 3. The van der Waals surface area contributed by atoms with Gasteiger partial charge in [-0.3, -0.25) is 14.2 Å². The van der Waals surface area contributed by atoms with Gasteiger partial charge >= 0.3 is 5.69 Å². The smallest absolute Gasteiger partial charge is 0.313 e. The molecule has 5 heteroatoms. The summed E-state index contributed by atoms with van der Waals surface area (Å²) in [5, 5.41) is 0. The van der Waals surface area contributed by atoms with Crippen molar-refractivity contribution in [2.75, 3.05) is 0 Å². The molecule has 3 aromatic rings. The van der Waals surface area contributed by atoms with Crippen LogP contribution in [0.1, 0.15) is 21.5 Å². The number of ketones is 1. The molecule has 23 heavy (non-hydrogen) atoms. The zero-order chi connectivity index (χ0) is 16.2. The lowest BCUT2D eigenvalue weighted by Crippen LogP contribution is -2.38. The first-order valence-electron chi connectivity index (χ1n) is 7.13. The highest BCUT2D eigenvalue weighted by Crippen LogP contribution is 2.05. The number of aromatic amines is 1. The fraction of sp³-hybridized carbons (Fsp3) is 0.0556. The topological polar surface area (TPSA) is 71.9 Å². The first-order valence-corrected chi connectivity index (χ1v) is 7.13. The molecule has 1 N–H and O–H groups in total. The van der Waals surface area contributed by atoms with Gasteiger partial charge in [-0.1, -0.05) is 60.7 Å². The summed E-state index contributed by atoms with van der Waals surface area (Å²) < 4.78 is 1.03. The molecule has 1 heterocycles. The van der Waals surface area contributed by atoms with Crippen molar-refractivity contribution >= 4 is 5.78 Å².